The van der Waals surface area contributed by atoms with Crippen LogP contribution in [0, 0.1) is 10.1 Å². The predicted molar refractivity (Wildman–Crippen MR) is 87.3 cm³/mol. The summed E-state index contributed by atoms with van der Waals surface area (Å²) in [6.07, 6.45) is 3.87. The van der Waals surface area contributed by atoms with Gasteiger partial charge in [-0.1, -0.05) is 18.2 Å². The van der Waals surface area contributed by atoms with Crippen LogP contribution in [-0.4, -0.2) is 35.7 Å². The maximum atomic E-state index is 11.1. The van der Waals surface area contributed by atoms with Gasteiger partial charge < -0.3 is 15.4 Å². The Morgan fingerprint density at radius 1 is 1.43 bits per heavy atom. The SMILES string of the molecule is CCNC(=NCc1ccccc1[N+](=O)[O-])NC1CC2CCC1O2. The third-order valence-corrected chi connectivity index (χ3v) is 4.37. The molecule has 2 N–H and O–H groups in total. The van der Waals surface area contributed by atoms with Crippen LogP contribution in [0.5, 0.6) is 0 Å². The average molecular weight is 318 g/mol. The summed E-state index contributed by atoms with van der Waals surface area (Å²) in [7, 11) is 0. The van der Waals surface area contributed by atoms with Gasteiger partial charge in [0.1, 0.15) is 0 Å². The van der Waals surface area contributed by atoms with E-state index in [1.54, 1.807) is 18.2 Å². The van der Waals surface area contributed by atoms with E-state index in [-0.39, 0.29) is 29.3 Å². The summed E-state index contributed by atoms with van der Waals surface area (Å²) in [6, 6.07) is 6.99. The standard InChI is InChI=1S/C16H22N4O3/c1-2-17-16(19-13-9-12-7-8-15(13)23-12)18-10-11-5-3-4-6-14(11)20(21)22/h3-6,12-13,15H,2,7-10H2,1H3,(H2,17,18,19). The lowest BCUT2D eigenvalue weighted by atomic mass is 9.96. The molecule has 3 unspecified atom stereocenters. The second kappa shape index (κ2) is 6.95. The number of para-hydroxylation sites is 1. The monoisotopic (exact) mass is 318 g/mol. The summed E-state index contributed by atoms with van der Waals surface area (Å²) >= 11 is 0. The molecule has 3 rings (SSSR count). The fraction of sp³-hybridized carbons (Fsp3) is 0.562. The molecule has 2 fully saturated rings. The number of ether oxygens (including phenoxy) is 1. The van der Waals surface area contributed by atoms with E-state index in [2.05, 4.69) is 15.6 Å². The smallest absolute Gasteiger partial charge is 0.274 e. The molecule has 0 aliphatic carbocycles. The Kier molecular flexibility index (Phi) is 4.76. The number of nitro groups is 1. The number of hydrogen-bond donors (Lipinski definition) is 2. The Bertz CT molecular complexity index is 605. The molecular weight excluding hydrogens is 296 g/mol. The molecule has 0 spiro atoms. The van der Waals surface area contributed by atoms with E-state index in [1.165, 1.54) is 6.07 Å². The quantitative estimate of drug-likeness (QED) is 0.375. The zero-order valence-corrected chi connectivity index (χ0v) is 13.2. The fourth-order valence-corrected chi connectivity index (χ4v) is 3.27. The molecule has 3 atom stereocenters. The molecule has 7 nitrogen and oxygen atoms in total. The minimum absolute atomic E-state index is 0.107. The number of aliphatic imine (C=N–C) groups is 1. The average Bonchev–Trinajstić information content (AvgIpc) is 3.16. The van der Waals surface area contributed by atoms with E-state index in [9.17, 15) is 10.1 Å². The van der Waals surface area contributed by atoms with E-state index >= 15 is 0 Å². The van der Waals surface area contributed by atoms with Crippen molar-refractivity contribution in [2.24, 2.45) is 4.99 Å². The van der Waals surface area contributed by atoms with Gasteiger partial charge in [0.25, 0.3) is 5.69 Å². The Morgan fingerprint density at radius 2 is 2.26 bits per heavy atom. The summed E-state index contributed by atoms with van der Waals surface area (Å²) in [6.45, 7) is 3.01. The second-order valence-corrected chi connectivity index (χ2v) is 5.94. The summed E-state index contributed by atoms with van der Waals surface area (Å²) < 4.78 is 5.84. The van der Waals surface area contributed by atoms with Crippen molar-refractivity contribution in [3.63, 3.8) is 0 Å². The molecular formula is C16H22N4O3. The summed E-state index contributed by atoms with van der Waals surface area (Å²) in [5, 5.41) is 17.7. The van der Waals surface area contributed by atoms with Crippen LogP contribution in [0.1, 0.15) is 31.7 Å². The van der Waals surface area contributed by atoms with E-state index in [1.807, 2.05) is 6.92 Å². The molecule has 2 aliphatic heterocycles. The van der Waals surface area contributed by atoms with Crippen molar-refractivity contribution in [3.05, 3.63) is 39.9 Å². The lowest BCUT2D eigenvalue weighted by Gasteiger charge is -2.22. The number of nitro benzene ring substituents is 1. The molecule has 124 valence electrons. The number of fused-ring (bicyclic) bond motifs is 2. The maximum Gasteiger partial charge on any atom is 0.274 e. The number of nitrogens with zero attached hydrogens (tertiary/aromatic N) is 2. The molecule has 2 aliphatic rings. The highest BCUT2D eigenvalue weighted by Gasteiger charge is 2.41. The summed E-state index contributed by atoms with van der Waals surface area (Å²) in [5.41, 5.74) is 0.717. The number of guanidine groups is 1. The molecule has 2 heterocycles. The van der Waals surface area contributed by atoms with Crippen LogP contribution in [0.2, 0.25) is 0 Å². The van der Waals surface area contributed by atoms with Crippen molar-refractivity contribution in [1.82, 2.24) is 10.6 Å². The van der Waals surface area contributed by atoms with E-state index in [4.69, 9.17) is 4.74 Å². The van der Waals surface area contributed by atoms with Crippen LogP contribution in [0.4, 0.5) is 5.69 Å². The molecule has 0 radical (unpaired) electrons. The van der Waals surface area contributed by atoms with E-state index in [0.717, 1.165) is 25.8 Å². The Balaban J connectivity index is 1.68. The lowest BCUT2D eigenvalue weighted by molar-refractivity contribution is -0.385. The van der Waals surface area contributed by atoms with Crippen LogP contribution >= 0.6 is 0 Å². The molecule has 1 aromatic rings. The van der Waals surface area contributed by atoms with Crippen LogP contribution in [0.15, 0.2) is 29.3 Å². The number of hydrogen-bond acceptors (Lipinski definition) is 4. The first-order valence-electron chi connectivity index (χ1n) is 8.10. The second-order valence-electron chi connectivity index (χ2n) is 5.94. The zero-order chi connectivity index (χ0) is 16.2. The molecule has 7 heteroatoms. The molecule has 2 saturated heterocycles. The Labute approximate surface area is 135 Å². The zero-order valence-electron chi connectivity index (χ0n) is 13.2. The highest BCUT2D eigenvalue weighted by molar-refractivity contribution is 5.80. The van der Waals surface area contributed by atoms with Crippen LogP contribution in [0.3, 0.4) is 0 Å². The first-order chi connectivity index (χ1) is 11.2. The number of nitrogens with one attached hydrogen (secondary N) is 2. The Hall–Kier alpha value is -2.15. The van der Waals surface area contributed by atoms with Gasteiger partial charge in [0.15, 0.2) is 5.96 Å². The highest BCUT2D eigenvalue weighted by Crippen LogP contribution is 2.34. The van der Waals surface area contributed by atoms with E-state index in [0.29, 0.717) is 17.6 Å². The number of benzene rings is 1. The first-order valence-corrected chi connectivity index (χ1v) is 8.10. The van der Waals surface area contributed by atoms with Gasteiger partial charge in [-0.05, 0) is 26.2 Å². The highest BCUT2D eigenvalue weighted by atomic mass is 16.6. The third-order valence-electron chi connectivity index (χ3n) is 4.37. The van der Waals surface area contributed by atoms with Gasteiger partial charge in [-0.2, -0.15) is 0 Å². The van der Waals surface area contributed by atoms with Gasteiger partial charge >= 0.3 is 0 Å². The summed E-state index contributed by atoms with van der Waals surface area (Å²) in [4.78, 5) is 15.2. The van der Waals surface area contributed by atoms with Crippen molar-refractivity contribution in [3.8, 4) is 0 Å². The molecule has 0 amide bonds. The number of rotatable bonds is 5. The minimum Gasteiger partial charge on any atom is -0.373 e. The van der Waals surface area contributed by atoms with Crippen LogP contribution < -0.4 is 10.6 Å². The van der Waals surface area contributed by atoms with Crippen LogP contribution in [-0.2, 0) is 11.3 Å². The third kappa shape index (κ3) is 3.61. The lowest BCUT2D eigenvalue weighted by Crippen LogP contribution is -2.47. The van der Waals surface area contributed by atoms with Gasteiger partial charge in [0.05, 0.1) is 35.3 Å². The van der Waals surface area contributed by atoms with Crippen molar-refractivity contribution in [2.45, 2.75) is 51.0 Å². The van der Waals surface area contributed by atoms with Crippen molar-refractivity contribution in [1.29, 1.82) is 0 Å². The molecule has 2 bridgehead atoms. The van der Waals surface area contributed by atoms with Crippen molar-refractivity contribution < 1.29 is 9.66 Å². The normalized spacial score (nSPS) is 26.3. The van der Waals surface area contributed by atoms with Gasteiger partial charge in [-0.15, -0.1) is 0 Å². The van der Waals surface area contributed by atoms with Gasteiger partial charge in [0, 0.05) is 12.6 Å². The molecule has 23 heavy (non-hydrogen) atoms. The molecule has 1 aromatic carbocycles. The van der Waals surface area contributed by atoms with E-state index < -0.39 is 0 Å². The van der Waals surface area contributed by atoms with Crippen LogP contribution in [0.25, 0.3) is 0 Å². The molecule has 0 aromatic heterocycles. The fourth-order valence-electron chi connectivity index (χ4n) is 3.27. The largest absolute Gasteiger partial charge is 0.373 e. The van der Waals surface area contributed by atoms with Crippen molar-refractivity contribution in [2.75, 3.05) is 6.54 Å². The van der Waals surface area contributed by atoms with Gasteiger partial charge in [0.2, 0.25) is 0 Å². The predicted octanol–water partition coefficient (Wildman–Crippen LogP) is 1.97. The topological polar surface area (TPSA) is 88.8 Å². The first kappa shape index (κ1) is 15.7. The molecule has 0 saturated carbocycles. The van der Waals surface area contributed by atoms with Crippen molar-refractivity contribution >= 4 is 11.6 Å². The van der Waals surface area contributed by atoms with Gasteiger partial charge in [-0.3, -0.25) is 10.1 Å². The summed E-state index contributed by atoms with van der Waals surface area (Å²) in [5.74, 6) is 0.687. The Morgan fingerprint density at radius 3 is 2.91 bits per heavy atom. The maximum absolute atomic E-state index is 11.1. The minimum atomic E-state index is -0.366. The van der Waals surface area contributed by atoms with Gasteiger partial charge in [-0.25, -0.2) is 4.99 Å².